The Morgan fingerprint density at radius 1 is 0.805 bits per heavy atom. The number of amides is 1. The lowest BCUT2D eigenvalue weighted by Gasteiger charge is -2.18. The van der Waals surface area contributed by atoms with Gasteiger partial charge in [-0.1, -0.05) is 93.3 Å². The number of carbonyl (C=O) groups is 1. The number of likely N-dealkylation sites (tertiary alicyclic amines) is 1. The minimum absolute atomic E-state index is 0.399. The molecular formula is C36H46N2O3. The molecule has 1 heterocycles. The maximum absolute atomic E-state index is 12.3. The molecule has 5 heteroatoms. The number of unbranched alkanes of at least 4 members (excludes halogenated alkanes) is 3. The fourth-order valence-corrected chi connectivity index (χ4v) is 5.40. The lowest BCUT2D eigenvalue weighted by molar-refractivity contribution is 0.200. The summed E-state index contributed by atoms with van der Waals surface area (Å²) in [4.78, 5) is 14.7. The first-order valence-electron chi connectivity index (χ1n) is 15.4. The van der Waals surface area contributed by atoms with Crippen molar-refractivity contribution in [2.75, 3.05) is 32.8 Å². The zero-order chi connectivity index (χ0) is 28.7. The van der Waals surface area contributed by atoms with Crippen LogP contribution in [0.15, 0.2) is 84.4 Å². The smallest absolute Gasteiger partial charge is 0.412 e. The standard InChI is InChI=1S/C36H46N2O3/c1-3-5-6-10-23-37-36(39)41-34-21-17-32(18-22-34)35(30(4-2)28-29-13-8-7-9-14-29)31-15-19-33(20-16-31)40-27-26-38-24-11-12-25-38/h7-9,13-22H,3-6,10-12,23-28H2,1-2H3,(H,37,39)/b35-30-. The molecule has 1 fully saturated rings. The number of hydrogen-bond donors (Lipinski definition) is 1. The second-order valence-electron chi connectivity index (χ2n) is 10.8. The fourth-order valence-electron chi connectivity index (χ4n) is 5.40. The number of rotatable bonds is 15. The predicted octanol–water partition coefficient (Wildman–Crippen LogP) is 8.28. The molecule has 41 heavy (non-hydrogen) atoms. The van der Waals surface area contributed by atoms with Crippen molar-refractivity contribution >= 4 is 11.7 Å². The van der Waals surface area contributed by atoms with Crippen LogP contribution in [0.3, 0.4) is 0 Å². The summed E-state index contributed by atoms with van der Waals surface area (Å²) < 4.78 is 11.6. The molecular weight excluding hydrogens is 508 g/mol. The van der Waals surface area contributed by atoms with Crippen molar-refractivity contribution in [2.45, 2.75) is 65.2 Å². The van der Waals surface area contributed by atoms with E-state index in [-0.39, 0.29) is 0 Å². The molecule has 0 radical (unpaired) electrons. The van der Waals surface area contributed by atoms with E-state index in [0.717, 1.165) is 49.1 Å². The minimum atomic E-state index is -0.399. The van der Waals surface area contributed by atoms with Gasteiger partial charge in [0.05, 0.1) is 0 Å². The summed E-state index contributed by atoms with van der Waals surface area (Å²) in [6.45, 7) is 9.10. The van der Waals surface area contributed by atoms with Gasteiger partial charge in [-0.2, -0.15) is 0 Å². The second-order valence-corrected chi connectivity index (χ2v) is 10.8. The van der Waals surface area contributed by atoms with Gasteiger partial charge < -0.3 is 14.8 Å². The summed E-state index contributed by atoms with van der Waals surface area (Å²) >= 11 is 0. The van der Waals surface area contributed by atoms with Crippen LogP contribution in [0, 0.1) is 0 Å². The van der Waals surface area contributed by atoms with Crippen LogP contribution in [0.1, 0.15) is 75.5 Å². The van der Waals surface area contributed by atoms with Gasteiger partial charge in [0.15, 0.2) is 0 Å². The third-order valence-corrected chi connectivity index (χ3v) is 7.71. The Bertz CT molecular complexity index is 1210. The van der Waals surface area contributed by atoms with Crippen LogP contribution >= 0.6 is 0 Å². The van der Waals surface area contributed by atoms with Crippen molar-refractivity contribution in [1.82, 2.24) is 10.2 Å². The van der Waals surface area contributed by atoms with Gasteiger partial charge in [-0.05, 0) is 91.7 Å². The van der Waals surface area contributed by atoms with Crippen molar-refractivity contribution in [3.05, 3.63) is 101 Å². The molecule has 1 aliphatic rings. The van der Waals surface area contributed by atoms with Crippen LogP contribution in [-0.4, -0.2) is 43.8 Å². The second kappa shape index (κ2) is 16.6. The van der Waals surface area contributed by atoms with Gasteiger partial charge in [-0.15, -0.1) is 0 Å². The Morgan fingerprint density at radius 2 is 1.46 bits per heavy atom. The highest BCUT2D eigenvalue weighted by Gasteiger charge is 2.14. The number of carbonyl (C=O) groups excluding carboxylic acids is 1. The molecule has 0 aromatic heterocycles. The zero-order valence-electron chi connectivity index (χ0n) is 24.9. The van der Waals surface area contributed by atoms with Crippen LogP contribution in [0.4, 0.5) is 4.79 Å². The molecule has 0 spiro atoms. The Balaban J connectivity index is 1.49. The first kappa shape index (κ1) is 30.4. The lowest BCUT2D eigenvalue weighted by Crippen LogP contribution is -2.27. The Hall–Kier alpha value is -3.57. The maximum Gasteiger partial charge on any atom is 0.412 e. The van der Waals surface area contributed by atoms with Crippen LogP contribution < -0.4 is 14.8 Å². The van der Waals surface area contributed by atoms with Crippen LogP contribution in [0.5, 0.6) is 11.5 Å². The molecule has 218 valence electrons. The van der Waals surface area contributed by atoms with E-state index in [1.807, 2.05) is 12.1 Å². The van der Waals surface area contributed by atoms with E-state index in [4.69, 9.17) is 9.47 Å². The van der Waals surface area contributed by atoms with Crippen LogP contribution in [0.2, 0.25) is 0 Å². The monoisotopic (exact) mass is 554 g/mol. The molecule has 0 saturated carbocycles. The van der Waals surface area contributed by atoms with E-state index in [1.165, 1.54) is 55.5 Å². The summed E-state index contributed by atoms with van der Waals surface area (Å²) in [5, 5.41) is 2.86. The molecule has 1 saturated heterocycles. The topological polar surface area (TPSA) is 50.8 Å². The third-order valence-electron chi connectivity index (χ3n) is 7.71. The van der Waals surface area contributed by atoms with Gasteiger partial charge in [-0.25, -0.2) is 4.79 Å². The molecule has 0 unspecified atom stereocenters. The van der Waals surface area contributed by atoms with Crippen molar-refractivity contribution < 1.29 is 14.3 Å². The Kier molecular flexibility index (Phi) is 12.3. The molecule has 0 aliphatic carbocycles. The molecule has 0 atom stereocenters. The van der Waals surface area contributed by atoms with Crippen molar-refractivity contribution in [3.8, 4) is 11.5 Å². The summed E-state index contributed by atoms with van der Waals surface area (Å²) in [7, 11) is 0. The zero-order valence-corrected chi connectivity index (χ0v) is 24.9. The molecule has 4 rings (SSSR count). The van der Waals surface area contributed by atoms with E-state index >= 15 is 0 Å². The molecule has 3 aromatic carbocycles. The average molecular weight is 555 g/mol. The van der Waals surface area contributed by atoms with Crippen LogP contribution in [-0.2, 0) is 6.42 Å². The quantitative estimate of drug-likeness (QED) is 0.192. The summed E-state index contributed by atoms with van der Waals surface area (Å²) in [5.74, 6) is 1.44. The van der Waals surface area contributed by atoms with Crippen LogP contribution in [0.25, 0.3) is 5.57 Å². The highest BCUT2D eigenvalue weighted by Crippen LogP contribution is 2.32. The normalized spacial score (nSPS) is 14.0. The molecule has 1 amide bonds. The van der Waals surface area contributed by atoms with E-state index in [0.29, 0.717) is 18.9 Å². The number of hydrogen-bond acceptors (Lipinski definition) is 4. The van der Waals surface area contributed by atoms with E-state index in [2.05, 4.69) is 90.8 Å². The minimum Gasteiger partial charge on any atom is -0.492 e. The van der Waals surface area contributed by atoms with E-state index in [9.17, 15) is 4.79 Å². The van der Waals surface area contributed by atoms with E-state index < -0.39 is 6.09 Å². The predicted molar refractivity (Wildman–Crippen MR) is 169 cm³/mol. The number of allylic oxidation sites excluding steroid dienone is 1. The SMILES string of the molecule is CCCCCCNC(=O)Oc1ccc(/C(=C(/CC)Cc2ccccc2)c2ccc(OCCN3CCCC3)cc2)cc1. The van der Waals surface area contributed by atoms with Crippen molar-refractivity contribution in [3.63, 3.8) is 0 Å². The van der Waals surface area contributed by atoms with Gasteiger partial charge in [0.25, 0.3) is 0 Å². The summed E-state index contributed by atoms with van der Waals surface area (Å²) in [6.07, 6.45) is 8.45. The Labute approximate surface area is 246 Å². The number of ether oxygens (including phenoxy) is 2. The van der Waals surface area contributed by atoms with Crippen molar-refractivity contribution in [1.29, 1.82) is 0 Å². The molecule has 0 bridgehead atoms. The van der Waals surface area contributed by atoms with Crippen molar-refractivity contribution in [2.24, 2.45) is 0 Å². The summed E-state index contributed by atoms with van der Waals surface area (Å²) in [6, 6.07) is 27.0. The largest absolute Gasteiger partial charge is 0.492 e. The maximum atomic E-state index is 12.3. The van der Waals surface area contributed by atoms with Gasteiger partial charge >= 0.3 is 6.09 Å². The molecule has 1 N–H and O–H groups in total. The lowest BCUT2D eigenvalue weighted by atomic mass is 9.88. The van der Waals surface area contributed by atoms with E-state index in [1.54, 1.807) is 0 Å². The molecule has 1 aliphatic heterocycles. The third kappa shape index (κ3) is 9.79. The first-order chi connectivity index (χ1) is 20.2. The first-order valence-corrected chi connectivity index (χ1v) is 15.4. The molecule has 3 aromatic rings. The van der Waals surface area contributed by atoms with Gasteiger partial charge in [0.1, 0.15) is 18.1 Å². The fraction of sp³-hybridized carbons (Fsp3) is 0.417. The highest BCUT2D eigenvalue weighted by molar-refractivity contribution is 5.83. The highest BCUT2D eigenvalue weighted by atomic mass is 16.6. The van der Waals surface area contributed by atoms with Gasteiger partial charge in [0.2, 0.25) is 0 Å². The number of benzene rings is 3. The van der Waals surface area contributed by atoms with Gasteiger partial charge in [-0.3, -0.25) is 4.90 Å². The number of nitrogens with zero attached hydrogens (tertiary/aromatic N) is 1. The number of nitrogens with one attached hydrogen (secondary N) is 1. The summed E-state index contributed by atoms with van der Waals surface area (Å²) in [5.41, 5.74) is 6.12. The molecule has 5 nitrogen and oxygen atoms in total. The van der Waals surface area contributed by atoms with Gasteiger partial charge in [0, 0.05) is 13.1 Å². The Morgan fingerprint density at radius 3 is 2.10 bits per heavy atom. The average Bonchev–Trinajstić information content (AvgIpc) is 3.52.